The Bertz CT molecular complexity index is 1750. The van der Waals surface area contributed by atoms with Crippen molar-refractivity contribution in [3.05, 3.63) is 134 Å². The van der Waals surface area contributed by atoms with Gasteiger partial charge < -0.3 is 28.5 Å². The van der Waals surface area contributed by atoms with Crippen LogP contribution >= 0.6 is 0 Å². The zero-order valence-corrected chi connectivity index (χ0v) is 51.0. The topological polar surface area (TPSA) is 108 Å². The Balaban J connectivity index is 4.31. The van der Waals surface area contributed by atoms with E-state index in [2.05, 4.69) is 148 Å². The number of hydrogen-bond donors (Lipinski definition) is 1. The first-order valence-corrected chi connectivity index (χ1v) is 31.3. The molecule has 79 heavy (non-hydrogen) atoms. The smallest absolute Gasteiger partial charge is 0.361 e. The number of carbonyl (C=O) groups is 3. The van der Waals surface area contributed by atoms with E-state index in [1.807, 2.05) is 21.1 Å². The highest BCUT2D eigenvalue weighted by Crippen LogP contribution is 2.14. The Kier molecular flexibility index (Phi) is 56.1. The van der Waals surface area contributed by atoms with Crippen LogP contribution in [0.2, 0.25) is 0 Å². The minimum Gasteiger partial charge on any atom is -0.477 e. The van der Waals surface area contributed by atoms with E-state index in [-0.39, 0.29) is 38.6 Å². The molecule has 1 N–H and O–H groups in total. The van der Waals surface area contributed by atoms with Gasteiger partial charge in [-0.25, -0.2) is 4.79 Å². The Morgan fingerprint density at radius 3 is 1.08 bits per heavy atom. The number of likely N-dealkylation sites (N-methyl/N-ethyl adjacent to an activating group) is 1. The molecule has 448 valence electrons. The van der Waals surface area contributed by atoms with E-state index in [0.717, 1.165) is 135 Å². The summed E-state index contributed by atoms with van der Waals surface area (Å²) in [7, 11) is 5.95. The minimum atomic E-state index is -1.53. The lowest BCUT2D eigenvalue weighted by molar-refractivity contribution is -0.870. The van der Waals surface area contributed by atoms with E-state index in [1.165, 1.54) is 64.2 Å². The molecule has 0 saturated heterocycles. The number of allylic oxidation sites excluding steroid dienone is 22. The Morgan fingerprint density at radius 1 is 0.392 bits per heavy atom. The fourth-order valence-corrected chi connectivity index (χ4v) is 8.09. The van der Waals surface area contributed by atoms with E-state index in [1.54, 1.807) is 0 Å². The maximum absolute atomic E-state index is 12.9. The first-order chi connectivity index (χ1) is 38.6. The zero-order chi connectivity index (χ0) is 57.6. The summed E-state index contributed by atoms with van der Waals surface area (Å²) in [5.41, 5.74) is 0. The molecule has 0 aromatic carbocycles. The predicted octanol–water partition coefficient (Wildman–Crippen LogP) is 19.0. The molecule has 0 fully saturated rings. The van der Waals surface area contributed by atoms with Gasteiger partial charge in [0.2, 0.25) is 0 Å². The van der Waals surface area contributed by atoms with Crippen LogP contribution in [-0.2, 0) is 33.3 Å². The second-order valence-corrected chi connectivity index (χ2v) is 21.6. The second kappa shape index (κ2) is 59.5. The van der Waals surface area contributed by atoms with Gasteiger partial charge in [-0.15, -0.1) is 0 Å². The predicted molar refractivity (Wildman–Crippen MR) is 336 cm³/mol. The summed E-state index contributed by atoms with van der Waals surface area (Å²) in [6.45, 7) is 4.71. The van der Waals surface area contributed by atoms with Crippen molar-refractivity contribution in [1.29, 1.82) is 0 Å². The molecule has 2 unspecified atom stereocenters. The summed E-state index contributed by atoms with van der Waals surface area (Å²) < 4.78 is 22.9. The highest BCUT2D eigenvalue weighted by molar-refractivity contribution is 5.71. The molecule has 0 aromatic rings. The van der Waals surface area contributed by atoms with E-state index in [9.17, 15) is 19.5 Å². The molecule has 0 bridgehead atoms. The molecular formula is C70H116NO8+. The van der Waals surface area contributed by atoms with Gasteiger partial charge in [0.05, 0.1) is 34.4 Å². The number of carbonyl (C=O) groups excluding carboxylic acids is 2. The molecule has 0 saturated carbocycles. The Hall–Kier alpha value is -4.57. The highest BCUT2D eigenvalue weighted by Gasteiger charge is 2.25. The van der Waals surface area contributed by atoms with Gasteiger partial charge in [-0.05, 0) is 116 Å². The van der Waals surface area contributed by atoms with Gasteiger partial charge in [0.25, 0.3) is 6.29 Å². The van der Waals surface area contributed by atoms with Crippen LogP contribution in [0.25, 0.3) is 0 Å². The lowest BCUT2D eigenvalue weighted by Gasteiger charge is -2.25. The van der Waals surface area contributed by atoms with Crippen molar-refractivity contribution in [3.63, 3.8) is 0 Å². The van der Waals surface area contributed by atoms with E-state index in [4.69, 9.17) is 18.9 Å². The number of rotatable bonds is 56. The molecule has 0 heterocycles. The standard InChI is InChI=1S/C70H115NO8/c1-6-8-10-12-14-16-18-20-22-24-26-28-30-31-32-33-34-35-36-37-39-41-43-45-47-49-51-53-55-57-59-61-68(73)79-66(65-78-70(69(74)75)76-63-62-71(3,4)5)64-77-67(72)60-58-56-54-52-50-48-46-44-42-40-38-29-27-25-23-21-19-17-15-13-11-9-7-2/h8,10,14,16,19-22,25-28,31-32,34-35,37-40,43,45,66,70H,6-7,9,11-13,15,17-18,23-24,29-30,33,36,41-42,44,46-65H2,1-5H3/p+1/b10-8-,16-14-,21-19-,22-20-,27-25-,28-26-,32-31-,35-34-,39-37-,40-38-,45-43-. The number of carboxylic acid groups (broad SMARTS) is 1. The first kappa shape index (κ1) is 74.4. The number of ether oxygens (including phenoxy) is 4. The third kappa shape index (κ3) is 60.9. The van der Waals surface area contributed by atoms with Crippen LogP contribution < -0.4 is 0 Å². The largest absolute Gasteiger partial charge is 0.477 e. The lowest BCUT2D eigenvalue weighted by Crippen LogP contribution is -2.40. The van der Waals surface area contributed by atoms with Crippen molar-refractivity contribution >= 4 is 17.9 Å². The van der Waals surface area contributed by atoms with E-state index >= 15 is 0 Å². The molecule has 0 rings (SSSR count). The molecular weight excluding hydrogens is 983 g/mol. The number of unbranched alkanes of at least 4 members (excludes halogenated alkanes) is 19. The average molecular weight is 1100 g/mol. The number of aliphatic carboxylic acids is 1. The highest BCUT2D eigenvalue weighted by atomic mass is 16.7. The molecule has 0 aromatic heterocycles. The van der Waals surface area contributed by atoms with Gasteiger partial charge in [-0.1, -0.05) is 237 Å². The van der Waals surface area contributed by atoms with Gasteiger partial charge in [0.1, 0.15) is 13.2 Å². The Labute approximate surface area is 484 Å². The van der Waals surface area contributed by atoms with E-state index in [0.29, 0.717) is 17.4 Å². The number of carboxylic acids is 1. The van der Waals surface area contributed by atoms with Gasteiger partial charge in [-0.2, -0.15) is 0 Å². The molecule has 9 heteroatoms. The van der Waals surface area contributed by atoms with E-state index < -0.39 is 24.3 Å². The maximum atomic E-state index is 12.9. The fraction of sp³-hybridized carbons (Fsp3) is 0.643. The summed E-state index contributed by atoms with van der Waals surface area (Å²) in [5, 5.41) is 9.72. The van der Waals surface area contributed by atoms with Crippen LogP contribution in [0.15, 0.2) is 134 Å². The van der Waals surface area contributed by atoms with Crippen molar-refractivity contribution in [3.8, 4) is 0 Å². The molecule has 9 nitrogen and oxygen atoms in total. The van der Waals surface area contributed by atoms with Crippen molar-refractivity contribution in [2.75, 3.05) is 47.5 Å². The third-order valence-electron chi connectivity index (χ3n) is 12.9. The monoisotopic (exact) mass is 1100 g/mol. The van der Waals surface area contributed by atoms with Crippen LogP contribution in [0.3, 0.4) is 0 Å². The summed E-state index contributed by atoms with van der Waals surface area (Å²) in [6, 6.07) is 0. The van der Waals surface area contributed by atoms with Crippen LogP contribution in [0.5, 0.6) is 0 Å². The van der Waals surface area contributed by atoms with Crippen LogP contribution in [0.1, 0.15) is 232 Å². The molecule has 0 aliphatic carbocycles. The number of hydrogen-bond acceptors (Lipinski definition) is 7. The van der Waals surface area contributed by atoms with Gasteiger partial charge in [0.15, 0.2) is 6.10 Å². The maximum Gasteiger partial charge on any atom is 0.361 e. The van der Waals surface area contributed by atoms with Crippen molar-refractivity contribution in [2.24, 2.45) is 0 Å². The normalized spacial score (nSPS) is 13.7. The summed E-state index contributed by atoms with van der Waals surface area (Å²) >= 11 is 0. The summed E-state index contributed by atoms with van der Waals surface area (Å²) in [4.78, 5) is 37.5. The third-order valence-corrected chi connectivity index (χ3v) is 12.9. The first-order valence-electron chi connectivity index (χ1n) is 31.3. The summed E-state index contributed by atoms with van der Waals surface area (Å²) in [6.07, 6.45) is 82.4. The van der Waals surface area contributed by atoms with Crippen molar-refractivity contribution in [1.82, 2.24) is 0 Å². The molecule has 0 spiro atoms. The average Bonchev–Trinajstić information content (AvgIpc) is 3.42. The van der Waals surface area contributed by atoms with Crippen molar-refractivity contribution < 1.29 is 42.9 Å². The zero-order valence-electron chi connectivity index (χ0n) is 51.0. The van der Waals surface area contributed by atoms with Crippen molar-refractivity contribution in [2.45, 2.75) is 245 Å². The number of esters is 2. The van der Waals surface area contributed by atoms with Gasteiger partial charge in [0, 0.05) is 12.8 Å². The van der Waals surface area contributed by atoms with Gasteiger partial charge >= 0.3 is 17.9 Å². The Morgan fingerprint density at radius 2 is 0.722 bits per heavy atom. The second-order valence-electron chi connectivity index (χ2n) is 21.6. The molecule has 0 radical (unpaired) electrons. The lowest BCUT2D eigenvalue weighted by atomic mass is 10.1. The molecule has 0 aliphatic heterocycles. The fourth-order valence-electron chi connectivity index (χ4n) is 8.09. The number of quaternary nitrogens is 1. The minimum absolute atomic E-state index is 0.176. The number of nitrogens with zero attached hydrogens (tertiary/aromatic N) is 1. The molecule has 2 atom stereocenters. The van der Waals surface area contributed by atoms with Crippen LogP contribution in [0.4, 0.5) is 0 Å². The quantitative estimate of drug-likeness (QED) is 0.0211. The van der Waals surface area contributed by atoms with Gasteiger partial charge in [-0.3, -0.25) is 9.59 Å². The van der Waals surface area contributed by atoms with Crippen LogP contribution in [0, 0.1) is 0 Å². The molecule has 0 amide bonds. The molecule has 0 aliphatic rings. The summed E-state index contributed by atoms with van der Waals surface area (Å²) in [5.74, 6) is -2.05. The SMILES string of the molecule is CC/C=C\C/C=C\C/C=C\C/C=C\C/C=C\C/C=C\C/C=C\C/C=C\CCCCCCCCC(=O)OC(COC(=O)CCCCCCCCCC/C=C\C/C=C\C/C=C\CCCCCCC)COC(OCC[N+](C)(C)C)C(=O)O. The van der Waals surface area contributed by atoms with Crippen LogP contribution in [-0.4, -0.2) is 87.4 Å².